The predicted molar refractivity (Wildman–Crippen MR) is 122 cm³/mol. The molecule has 1 amide bonds. The molecule has 1 heterocycles. The lowest BCUT2D eigenvalue weighted by atomic mass is 10.0. The molecule has 0 saturated heterocycles. The second kappa shape index (κ2) is 9.00. The monoisotopic (exact) mass is 414 g/mol. The Morgan fingerprint density at radius 3 is 2.52 bits per heavy atom. The van der Waals surface area contributed by atoms with Crippen LogP contribution in [0.25, 0.3) is 10.8 Å². The predicted octanol–water partition coefficient (Wildman–Crippen LogP) is 3.59. The molecule has 1 aromatic heterocycles. The quantitative estimate of drug-likeness (QED) is 0.342. The molecule has 4 rings (SSSR count). The highest BCUT2D eigenvalue weighted by atomic mass is 16.5. The van der Waals surface area contributed by atoms with E-state index >= 15 is 0 Å². The van der Waals surface area contributed by atoms with Gasteiger partial charge in [-0.15, -0.1) is 0 Å². The number of nitrogens with one attached hydrogen (secondary N) is 3. The van der Waals surface area contributed by atoms with Crippen LogP contribution in [0.2, 0.25) is 0 Å². The number of hydrazine groups is 1. The van der Waals surface area contributed by atoms with Gasteiger partial charge in [0.2, 0.25) is 0 Å². The van der Waals surface area contributed by atoms with Gasteiger partial charge in [0, 0.05) is 12.1 Å². The number of methoxy groups -OCH3 is 1. The molecule has 0 saturated carbocycles. The number of carbonyl (C=O) groups excluding carboxylic acids is 1. The number of amides is 1. The zero-order valence-corrected chi connectivity index (χ0v) is 16.9. The Bertz CT molecular complexity index is 1210. The minimum absolute atomic E-state index is 0.289. The Kier molecular flexibility index (Phi) is 5.79. The van der Waals surface area contributed by atoms with E-state index < -0.39 is 0 Å². The molecule has 8 nitrogen and oxygen atoms in total. The van der Waals surface area contributed by atoms with Crippen molar-refractivity contribution in [3.05, 3.63) is 84.2 Å². The maximum absolute atomic E-state index is 12.7. The molecule has 0 spiro atoms. The molecule has 0 aliphatic heterocycles. The van der Waals surface area contributed by atoms with E-state index in [1.807, 2.05) is 60.7 Å². The molecule has 0 radical (unpaired) electrons. The second-order valence-electron chi connectivity index (χ2n) is 6.79. The standard InChI is InChI=1S/C23H22N6O2/c1-31-17-11-9-15(10-12-17)13-25-21-20(24)22(27-14-26-21)28-29-23(30)19-8-4-6-16-5-2-3-7-18(16)19/h2-12,14H,13,24H2,1H3,(H,29,30)(H2,25,26,27,28). The lowest BCUT2D eigenvalue weighted by molar-refractivity contribution is 0.0964. The molecule has 0 unspecified atom stereocenters. The number of ether oxygens (including phenoxy) is 1. The molecule has 156 valence electrons. The van der Waals surface area contributed by atoms with Crippen LogP contribution in [0.3, 0.4) is 0 Å². The Labute approximate surface area is 179 Å². The van der Waals surface area contributed by atoms with Crippen LogP contribution in [-0.2, 0) is 6.54 Å². The second-order valence-corrected chi connectivity index (χ2v) is 6.79. The highest BCUT2D eigenvalue weighted by Gasteiger charge is 2.12. The molecule has 8 heteroatoms. The van der Waals surface area contributed by atoms with E-state index in [9.17, 15) is 4.79 Å². The summed E-state index contributed by atoms with van der Waals surface area (Å²) in [6.45, 7) is 0.521. The Morgan fingerprint density at radius 1 is 0.968 bits per heavy atom. The lowest BCUT2D eigenvalue weighted by Crippen LogP contribution is -2.30. The van der Waals surface area contributed by atoms with Crippen molar-refractivity contribution in [2.75, 3.05) is 23.6 Å². The smallest absolute Gasteiger partial charge is 0.270 e. The van der Waals surface area contributed by atoms with Gasteiger partial charge in [0.05, 0.1) is 7.11 Å². The van der Waals surface area contributed by atoms with Crippen molar-refractivity contribution in [3.8, 4) is 5.75 Å². The van der Waals surface area contributed by atoms with Crippen LogP contribution < -0.4 is 26.6 Å². The number of nitrogens with two attached hydrogens (primary N) is 1. The number of anilines is 3. The van der Waals surface area contributed by atoms with Crippen molar-refractivity contribution >= 4 is 34.0 Å². The van der Waals surface area contributed by atoms with Gasteiger partial charge in [0.15, 0.2) is 11.6 Å². The van der Waals surface area contributed by atoms with Crippen molar-refractivity contribution in [3.63, 3.8) is 0 Å². The number of hydrogen-bond acceptors (Lipinski definition) is 7. The minimum atomic E-state index is -0.289. The number of benzene rings is 3. The molecule has 3 aromatic carbocycles. The van der Waals surface area contributed by atoms with Crippen LogP contribution in [0.1, 0.15) is 15.9 Å². The summed E-state index contributed by atoms with van der Waals surface area (Å²) in [5.41, 5.74) is 13.5. The highest BCUT2D eigenvalue weighted by Crippen LogP contribution is 2.23. The fraction of sp³-hybridized carbons (Fsp3) is 0.0870. The minimum Gasteiger partial charge on any atom is -0.497 e. The number of nitrogen functional groups attached to an aromatic ring is 1. The topological polar surface area (TPSA) is 114 Å². The highest BCUT2D eigenvalue weighted by molar-refractivity contribution is 6.07. The van der Waals surface area contributed by atoms with Gasteiger partial charge in [-0.1, -0.05) is 48.5 Å². The van der Waals surface area contributed by atoms with E-state index in [0.29, 0.717) is 29.4 Å². The van der Waals surface area contributed by atoms with E-state index in [4.69, 9.17) is 10.5 Å². The van der Waals surface area contributed by atoms with Crippen molar-refractivity contribution in [2.45, 2.75) is 6.54 Å². The SMILES string of the molecule is COc1ccc(CNc2ncnc(NNC(=O)c3cccc4ccccc34)c2N)cc1. The summed E-state index contributed by atoms with van der Waals surface area (Å²) in [5.74, 6) is 1.27. The molecule has 0 aliphatic carbocycles. The average Bonchev–Trinajstić information content (AvgIpc) is 2.82. The number of nitrogens with zero attached hydrogens (tertiary/aromatic N) is 2. The first-order valence-electron chi connectivity index (χ1n) is 9.67. The van der Waals surface area contributed by atoms with Gasteiger partial charge in [-0.3, -0.25) is 15.6 Å². The van der Waals surface area contributed by atoms with Crippen molar-refractivity contribution < 1.29 is 9.53 Å². The summed E-state index contributed by atoms with van der Waals surface area (Å²) in [5, 5.41) is 5.03. The number of hydrogen-bond donors (Lipinski definition) is 4. The van der Waals surface area contributed by atoms with Gasteiger partial charge in [0.1, 0.15) is 17.8 Å². The first-order valence-corrected chi connectivity index (χ1v) is 9.67. The summed E-state index contributed by atoms with van der Waals surface area (Å²) >= 11 is 0. The van der Waals surface area contributed by atoms with Crippen molar-refractivity contribution in [1.29, 1.82) is 0 Å². The average molecular weight is 414 g/mol. The van der Waals surface area contributed by atoms with E-state index in [1.165, 1.54) is 6.33 Å². The molecule has 31 heavy (non-hydrogen) atoms. The van der Waals surface area contributed by atoms with Gasteiger partial charge in [-0.25, -0.2) is 9.97 Å². The van der Waals surface area contributed by atoms with Crippen LogP contribution in [-0.4, -0.2) is 23.0 Å². The van der Waals surface area contributed by atoms with E-state index in [-0.39, 0.29) is 5.91 Å². The fourth-order valence-corrected chi connectivity index (χ4v) is 3.17. The Balaban J connectivity index is 1.43. The zero-order chi connectivity index (χ0) is 21.6. The van der Waals surface area contributed by atoms with Crippen LogP contribution in [0, 0.1) is 0 Å². The van der Waals surface area contributed by atoms with Crippen LogP contribution in [0.15, 0.2) is 73.1 Å². The third-order valence-electron chi connectivity index (χ3n) is 4.83. The fourth-order valence-electron chi connectivity index (χ4n) is 3.17. The number of aromatic nitrogens is 2. The van der Waals surface area contributed by atoms with Gasteiger partial charge in [-0.05, 0) is 34.5 Å². The number of fused-ring (bicyclic) bond motifs is 1. The lowest BCUT2D eigenvalue weighted by Gasteiger charge is -2.14. The van der Waals surface area contributed by atoms with Gasteiger partial charge in [0.25, 0.3) is 5.91 Å². The van der Waals surface area contributed by atoms with Gasteiger partial charge >= 0.3 is 0 Å². The van der Waals surface area contributed by atoms with E-state index in [0.717, 1.165) is 22.1 Å². The molecule has 4 aromatic rings. The molecule has 0 atom stereocenters. The summed E-state index contributed by atoms with van der Waals surface area (Å²) in [7, 11) is 1.63. The number of rotatable bonds is 7. The third kappa shape index (κ3) is 4.48. The normalized spacial score (nSPS) is 10.5. The van der Waals surface area contributed by atoms with Crippen LogP contribution in [0.4, 0.5) is 17.3 Å². The largest absolute Gasteiger partial charge is 0.497 e. The Morgan fingerprint density at radius 2 is 1.71 bits per heavy atom. The molecule has 5 N–H and O–H groups in total. The maximum Gasteiger partial charge on any atom is 0.270 e. The summed E-state index contributed by atoms with van der Waals surface area (Å²) in [6.07, 6.45) is 1.37. The maximum atomic E-state index is 12.7. The third-order valence-corrected chi connectivity index (χ3v) is 4.83. The zero-order valence-electron chi connectivity index (χ0n) is 16.9. The van der Waals surface area contributed by atoms with Crippen molar-refractivity contribution in [2.24, 2.45) is 0 Å². The molecule has 0 aliphatic rings. The molecule has 0 bridgehead atoms. The van der Waals surface area contributed by atoms with Crippen molar-refractivity contribution in [1.82, 2.24) is 15.4 Å². The van der Waals surface area contributed by atoms with Gasteiger partial charge in [-0.2, -0.15) is 0 Å². The van der Waals surface area contributed by atoms with Gasteiger partial charge < -0.3 is 15.8 Å². The number of carbonyl (C=O) groups is 1. The summed E-state index contributed by atoms with van der Waals surface area (Å²) < 4.78 is 5.16. The van der Waals surface area contributed by atoms with E-state index in [1.54, 1.807) is 13.2 Å². The molecular weight excluding hydrogens is 392 g/mol. The summed E-state index contributed by atoms with van der Waals surface area (Å²) in [6, 6.07) is 20.9. The first kappa shape index (κ1) is 20.0. The van der Waals surface area contributed by atoms with Crippen LogP contribution >= 0.6 is 0 Å². The Hall–Kier alpha value is -4.33. The first-order chi connectivity index (χ1) is 15.2. The van der Waals surface area contributed by atoms with Crippen LogP contribution in [0.5, 0.6) is 5.75 Å². The molecule has 0 fully saturated rings. The molecular formula is C23H22N6O2. The van der Waals surface area contributed by atoms with E-state index in [2.05, 4.69) is 26.1 Å². The summed E-state index contributed by atoms with van der Waals surface area (Å²) in [4.78, 5) is 21.0.